The van der Waals surface area contributed by atoms with Gasteiger partial charge < -0.3 is 9.72 Å². The first-order valence-corrected chi connectivity index (χ1v) is 6.08. The van der Waals surface area contributed by atoms with Crippen LogP contribution in [0.4, 0.5) is 0 Å². The molecule has 2 heterocycles. The highest BCUT2D eigenvalue weighted by Gasteiger charge is 2.10. The maximum atomic E-state index is 11.7. The highest BCUT2D eigenvalue weighted by atomic mass is 16.5. The number of esters is 1. The van der Waals surface area contributed by atoms with Crippen molar-refractivity contribution in [2.45, 2.75) is 6.92 Å². The molecule has 2 N–H and O–H groups in total. The molecule has 3 aromatic rings. The number of benzene rings is 1. The van der Waals surface area contributed by atoms with Gasteiger partial charge in [0.15, 0.2) is 0 Å². The van der Waals surface area contributed by atoms with Gasteiger partial charge in [-0.05, 0) is 37.3 Å². The topological polar surface area (TPSA) is 70.8 Å². The van der Waals surface area contributed by atoms with Crippen molar-refractivity contribution >= 4 is 16.9 Å². The lowest BCUT2D eigenvalue weighted by Gasteiger charge is -2.00. The first-order chi connectivity index (χ1) is 9.28. The second kappa shape index (κ2) is 4.61. The summed E-state index contributed by atoms with van der Waals surface area (Å²) >= 11 is 0. The quantitative estimate of drug-likeness (QED) is 0.707. The van der Waals surface area contributed by atoms with Gasteiger partial charge in [0.2, 0.25) is 0 Å². The Morgan fingerprint density at radius 1 is 1.32 bits per heavy atom. The second-order valence-electron chi connectivity index (χ2n) is 4.16. The standard InChI is InChI=1S/C14H13N3O2/c1-2-19-14(18)9-3-4-11-10(7-9)8-13(16-11)12-5-6-15-17-12/h3-8,16H,2H2,1H3,(H,15,17). The van der Waals surface area contributed by atoms with Crippen LogP contribution in [0.3, 0.4) is 0 Å². The summed E-state index contributed by atoms with van der Waals surface area (Å²) in [6, 6.07) is 9.30. The van der Waals surface area contributed by atoms with Crippen LogP contribution >= 0.6 is 0 Å². The van der Waals surface area contributed by atoms with Crippen molar-refractivity contribution in [2.24, 2.45) is 0 Å². The van der Waals surface area contributed by atoms with Crippen LogP contribution in [0, 0.1) is 0 Å². The average molecular weight is 255 g/mol. The molecule has 0 amide bonds. The van der Waals surface area contributed by atoms with E-state index in [1.165, 1.54) is 0 Å². The van der Waals surface area contributed by atoms with E-state index in [0.717, 1.165) is 22.3 Å². The Hall–Kier alpha value is -2.56. The zero-order valence-electron chi connectivity index (χ0n) is 10.4. The van der Waals surface area contributed by atoms with Gasteiger partial charge in [0, 0.05) is 17.1 Å². The Morgan fingerprint density at radius 3 is 2.95 bits per heavy atom. The minimum Gasteiger partial charge on any atom is -0.462 e. The second-order valence-corrected chi connectivity index (χ2v) is 4.16. The zero-order valence-corrected chi connectivity index (χ0v) is 10.4. The third-order valence-corrected chi connectivity index (χ3v) is 2.91. The molecule has 0 spiro atoms. The number of rotatable bonds is 3. The molecule has 0 bridgehead atoms. The van der Waals surface area contributed by atoms with E-state index in [1.54, 1.807) is 19.2 Å². The number of hydrogen-bond donors (Lipinski definition) is 2. The molecule has 5 nitrogen and oxygen atoms in total. The SMILES string of the molecule is CCOC(=O)c1ccc2[nH]c(-c3cc[nH]n3)cc2c1. The van der Waals surface area contributed by atoms with E-state index in [0.29, 0.717) is 12.2 Å². The maximum absolute atomic E-state index is 11.7. The van der Waals surface area contributed by atoms with E-state index in [4.69, 9.17) is 4.74 Å². The molecule has 0 saturated carbocycles. The van der Waals surface area contributed by atoms with Crippen molar-refractivity contribution < 1.29 is 9.53 Å². The molecule has 5 heteroatoms. The van der Waals surface area contributed by atoms with Crippen molar-refractivity contribution in [3.63, 3.8) is 0 Å². The van der Waals surface area contributed by atoms with Crippen LogP contribution in [0.5, 0.6) is 0 Å². The number of aromatic amines is 2. The molecule has 3 rings (SSSR count). The third-order valence-electron chi connectivity index (χ3n) is 2.91. The molecular formula is C14H13N3O2. The lowest BCUT2D eigenvalue weighted by atomic mass is 10.1. The molecule has 0 aliphatic carbocycles. The van der Waals surface area contributed by atoms with Crippen LogP contribution in [-0.2, 0) is 4.74 Å². The zero-order chi connectivity index (χ0) is 13.2. The predicted molar refractivity (Wildman–Crippen MR) is 71.8 cm³/mol. The van der Waals surface area contributed by atoms with E-state index >= 15 is 0 Å². The summed E-state index contributed by atoms with van der Waals surface area (Å²) in [5.74, 6) is -0.299. The van der Waals surface area contributed by atoms with E-state index in [1.807, 2.05) is 24.3 Å². The van der Waals surface area contributed by atoms with Crippen molar-refractivity contribution in [2.75, 3.05) is 6.61 Å². The van der Waals surface area contributed by atoms with E-state index in [9.17, 15) is 4.79 Å². The van der Waals surface area contributed by atoms with Crippen molar-refractivity contribution in [1.82, 2.24) is 15.2 Å². The summed E-state index contributed by atoms with van der Waals surface area (Å²) in [6.45, 7) is 2.17. The number of carbonyl (C=O) groups excluding carboxylic acids is 1. The third kappa shape index (κ3) is 2.10. The minimum atomic E-state index is -0.299. The van der Waals surface area contributed by atoms with E-state index in [-0.39, 0.29) is 5.97 Å². The summed E-state index contributed by atoms with van der Waals surface area (Å²) < 4.78 is 4.99. The molecule has 96 valence electrons. The van der Waals surface area contributed by atoms with Gasteiger partial charge in [0.1, 0.15) is 5.69 Å². The fourth-order valence-corrected chi connectivity index (χ4v) is 2.02. The van der Waals surface area contributed by atoms with Crippen LogP contribution in [0.25, 0.3) is 22.3 Å². The van der Waals surface area contributed by atoms with Crippen LogP contribution in [-0.4, -0.2) is 27.8 Å². The van der Waals surface area contributed by atoms with Crippen molar-refractivity contribution in [3.05, 3.63) is 42.1 Å². The maximum Gasteiger partial charge on any atom is 0.338 e. The highest BCUT2D eigenvalue weighted by Crippen LogP contribution is 2.23. The largest absolute Gasteiger partial charge is 0.462 e. The van der Waals surface area contributed by atoms with Gasteiger partial charge in [0.25, 0.3) is 0 Å². The number of nitrogens with zero attached hydrogens (tertiary/aromatic N) is 1. The number of H-pyrrole nitrogens is 2. The average Bonchev–Trinajstić information content (AvgIpc) is 3.07. The summed E-state index contributed by atoms with van der Waals surface area (Å²) in [7, 11) is 0. The van der Waals surface area contributed by atoms with Crippen LogP contribution in [0.15, 0.2) is 36.5 Å². The highest BCUT2D eigenvalue weighted by molar-refractivity contribution is 5.95. The molecule has 0 radical (unpaired) electrons. The number of fused-ring (bicyclic) bond motifs is 1. The van der Waals surface area contributed by atoms with Crippen LogP contribution < -0.4 is 0 Å². The Labute approximate surface area is 109 Å². The van der Waals surface area contributed by atoms with E-state index < -0.39 is 0 Å². The monoisotopic (exact) mass is 255 g/mol. The van der Waals surface area contributed by atoms with Crippen molar-refractivity contribution in [1.29, 1.82) is 0 Å². The van der Waals surface area contributed by atoms with Gasteiger partial charge in [-0.2, -0.15) is 5.10 Å². The minimum absolute atomic E-state index is 0.299. The molecule has 19 heavy (non-hydrogen) atoms. The lowest BCUT2D eigenvalue weighted by Crippen LogP contribution is -2.03. The van der Waals surface area contributed by atoms with Gasteiger partial charge in [-0.1, -0.05) is 0 Å². The summed E-state index contributed by atoms with van der Waals surface area (Å²) in [6.07, 6.45) is 1.77. The van der Waals surface area contributed by atoms with Gasteiger partial charge in [-0.15, -0.1) is 0 Å². The summed E-state index contributed by atoms with van der Waals surface area (Å²) in [5, 5.41) is 7.86. The number of ether oxygens (including phenoxy) is 1. The number of hydrogen-bond acceptors (Lipinski definition) is 3. The van der Waals surface area contributed by atoms with Crippen LogP contribution in [0.2, 0.25) is 0 Å². The normalized spacial score (nSPS) is 10.8. The van der Waals surface area contributed by atoms with Crippen molar-refractivity contribution in [3.8, 4) is 11.4 Å². The Kier molecular flexibility index (Phi) is 2.79. The molecule has 1 aromatic carbocycles. The molecular weight excluding hydrogens is 242 g/mol. The summed E-state index contributed by atoms with van der Waals surface area (Å²) in [5.41, 5.74) is 3.28. The molecule has 0 aliphatic rings. The van der Waals surface area contributed by atoms with E-state index in [2.05, 4.69) is 15.2 Å². The first kappa shape index (κ1) is 11.5. The number of nitrogens with one attached hydrogen (secondary N) is 2. The molecule has 0 saturated heterocycles. The van der Waals surface area contributed by atoms with Gasteiger partial charge >= 0.3 is 5.97 Å². The Morgan fingerprint density at radius 2 is 2.21 bits per heavy atom. The molecule has 0 unspecified atom stereocenters. The van der Waals surface area contributed by atoms with Gasteiger partial charge in [0.05, 0.1) is 17.9 Å². The number of aromatic nitrogens is 3. The number of carbonyl (C=O) groups is 1. The molecule has 0 fully saturated rings. The predicted octanol–water partition coefficient (Wildman–Crippen LogP) is 2.73. The van der Waals surface area contributed by atoms with Gasteiger partial charge in [-0.25, -0.2) is 4.79 Å². The lowest BCUT2D eigenvalue weighted by molar-refractivity contribution is 0.0526. The fourth-order valence-electron chi connectivity index (χ4n) is 2.02. The smallest absolute Gasteiger partial charge is 0.338 e. The fraction of sp³-hybridized carbons (Fsp3) is 0.143. The van der Waals surface area contributed by atoms with Gasteiger partial charge in [-0.3, -0.25) is 5.10 Å². The first-order valence-electron chi connectivity index (χ1n) is 6.08. The van der Waals surface area contributed by atoms with Crippen LogP contribution in [0.1, 0.15) is 17.3 Å². The molecule has 2 aromatic heterocycles. The Balaban J connectivity index is 2.02. The molecule has 0 aliphatic heterocycles. The Bertz CT molecular complexity index is 713. The summed E-state index contributed by atoms with van der Waals surface area (Å²) in [4.78, 5) is 14.9. The molecule has 0 atom stereocenters.